The minimum Gasteiger partial charge on any atom is -0.220 e. The van der Waals surface area contributed by atoms with Gasteiger partial charge in [0.2, 0.25) is 5.16 Å². The minimum atomic E-state index is 0.736. The number of nitrogens with zero attached hydrogens (tertiary/aromatic N) is 3. The van der Waals surface area contributed by atoms with E-state index < -0.39 is 0 Å². The lowest BCUT2D eigenvalue weighted by atomic mass is 9.98. The van der Waals surface area contributed by atoms with Gasteiger partial charge in [-0.2, -0.15) is 5.10 Å². The van der Waals surface area contributed by atoms with Crippen molar-refractivity contribution in [1.82, 2.24) is 15.2 Å². The van der Waals surface area contributed by atoms with Gasteiger partial charge in [0.05, 0.1) is 11.9 Å². The Morgan fingerprint density at radius 1 is 1.27 bits per heavy atom. The van der Waals surface area contributed by atoms with E-state index >= 15 is 0 Å². The van der Waals surface area contributed by atoms with Gasteiger partial charge in [-0.1, -0.05) is 29.5 Å². The summed E-state index contributed by atoms with van der Waals surface area (Å²) in [6, 6.07) is 0. The average Bonchev–Trinajstić information content (AvgIpc) is 2.30. The molecule has 0 atom stereocenters. The highest BCUT2D eigenvalue weighted by atomic mass is 32.2. The molecular weight excluding hydrogens is 206 g/mol. The Morgan fingerprint density at radius 2 is 2.13 bits per heavy atom. The van der Waals surface area contributed by atoms with Crippen LogP contribution in [-0.4, -0.2) is 21.4 Å². The zero-order valence-electron chi connectivity index (χ0n) is 8.90. The van der Waals surface area contributed by atoms with Crippen LogP contribution in [-0.2, 0) is 0 Å². The van der Waals surface area contributed by atoms with E-state index in [0.29, 0.717) is 0 Å². The molecule has 0 amide bonds. The van der Waals surface area contributed by atoms with E-state index in [-0.39, 0.29) is 0 Å². The fourth-order valence-electron chi connectivity index (χ4n) is 1.48. The Hall–Kier alpha value is -1.16. The summed E-state index contributed by atoms with van der Waals surface area (Å²) < 4.78 is 0. The summed E-state index contributed by atoms with van der Waals surface area (Å²) in [6.07, 6.45) is 10.1. The van der Waals surface area contributed by atoms with Crippen molar-refractivity contribution >= 4 is 17.3 Å². The normalized spacial score (nSPS) is 15.9. The summed E-state index contributed by atoms with van der Waals surface area (Å²) in [5.41, 5.74) is 3.63. The summed E-state index contributed by atoms with van der Waals surface area (Å²) in [5.74, 6) is 0. The number of thioether (sulfide) groups is 1. The summed E-state index contributed by atoms with van der Waals surface area (Å²) in [5, 5.41) is 8.62. The third kappa shape index (κ3) is 2.45. The van der Waals surface area contributed by atoms with Gasteiger partial charge in [0.25, 0.3) is 0 Å². The van der Waals surface area contributed by atoms with Crippen LogP contribution in [0, 0.1) is 0 Å². The SMILES string of the molecule is CSc1nncc(C2=CC=C(C)CC2)n1. The van der Waals surface area contributed by atoms with Crippen molar-refractivity contribution in [3.63, 3.8) is 0 Å². The van der Waals surface area contributed by atoms with E-state index in [1.54, 1.807) is 6.20 Å². The molecule has 0 saturated carbocycles. The number of allylic oxidation sites excluding steroid dienone is 4. The molecule has 4 heteroatoms. The monoisotopic (exact) mass is 219 g/mol. The number of hydrogen-bond acceptors (Lipinski definition) is 4. The Bertz CT molecular complexity index is 424. The van der Waals surface area contributed by atoms with Crippen molar-refractivity contribution in [2.45, 2.75) is 24.9 Å². The third-order valence-electron chi connectivity index (χ3n) is 2.41. The Labute approximate surface area is 93.7 Å². The zero-order valence-corrected chi connectivity index (χ0v) is 9.71. The molecule has 0 unspecified atom stereocenters. The Morgan fingerprint density at radius 3 is 2.80 bits per heavy atom. The first-order chi connectivity index (χ1) is 7.29. The maximum atomic E-state index is 4.43. The van der Waals surface area contributed by atoms with Crippen molar-refractivity contribution in [2.75, 3.05) is 6.26 Å². The summed E-state index contributed by atoms with van der Waals surface area (Å²) in [4.78, 5) is 4.43. The molecule has 1 aliphatic rings. The van der Waals surface area contributed by atoms with Crippen molar-refractivity contribution < 1.29 is 0 Å². The van der Waals surface area contributed by atoms with Gasteiger partial charge in [-0.3, -0.25) is 0 Å². The van der Waals surface area contributed by atoms with E-state index in [1.807, 2.05) is 6.26 Å². The van der Waals surface area contributed by atoms with Crippen LogP contribution in [0.25, 0.3) is 5.57 Å². The molecule has 0 bridgehead atoms. The van der Waals surface area contributed by atoms with Gasteiger partial charge in [0.15, 0.2) is 0 Å². The Balaban J connectivity index is 2.30. The van der Waals surface area contributed by atoms with Gasteiger partial charge in [-0.25, -0.2) is 4.98 Å². The topological polar surface area (TPSA) is 38.7 Å². The molecule has 0 saturated heterocycles. The molecule has 2 rings (SSSR count). The maximum absolute atomic E-state index is 4.43. The molecule has 3 nitrogen and oxygen atoms in total. The van der Waals surface area contributed by atoms with E-state index in [0.717, 1.165) is 23.7 Å². The zero-order chi connectivity index (χ0) is 10.7. The molecule has 0 fully saturated rings. The van der Waals surface area contributed by atoms with Crippen LogP contribution in [0.4, 0.5) is 0 Å². The Kier molecular flexibility index (Phi) is 3.16. The van der Waals surface area contributed by atoms with Gasteiger partial charge >= 0.3 is 0 Å². The average molecular weight is 219 g/mol. The highest BCUT2D eigenvalue weighted by Crippen LogP contribution is 2.25. The predicted octanol–water partition coefficient (Wildman–Crippen LogP) is 2.72. The van der Waals surface area contributed by atoms with Gasteiger partial charge in [0.1, 0.15) is 0 Å². The summed E-state index contributed by atoms with van der Waals surface area (Å²) in [7, 11) is 0. The lowest BCUT2D eigenvalue weighted by Crippen LogP contribution is -1.98. The molecule has 1 heterocycles. The quantitative estimate of drug-likeness (QED) is 0.717. The second-order valence-corrected chi connectivity index (χ2v) is 4.31. The van der Waals surface area contributed by atoms with E-state index in [9.17, 15) is 0 Å². The minimum absolute atomic E-state index is 0.736. The molecular formula is C11H13N3S. The number of aromatic nitrogens is 3. The van der Waals surface area contributed by atoms with Crippen LogP contribution in [0.1, 0.15) is 25.5 Å². The van der Waals surface area contributed by atoms with Crippen LogP contribution < -0.4 is 0 Å². The van der Waals surface area contributed by atoms with Crippen LogP contribution in [0.2, 0.25) is 0 Å². The molecule has 0 spiro atoms. The lowest BCUT2D eigenvalue weighted by Gasteiger charge is -2.11. The van der Waals surface area contributed by atoms with Crippen molar-refractivity contribution in [2.24, 2.45) is 0 Å². The molecule has 1 aliphatic carbocycles. The van der Waals surface area contributed by atoms with E-state index in [1.165, 1.54) is 22.9 Å². The molecule has 0 aliphatic heterocycles. The summed E-state index contributed by atoms with van der Waals surface area (Å²) in [6.45, 7) is 2.15. The molecule has 15 heavy (non-hydrogen) atoms. The first kappa shape index (κ1) is 10.4. The number of hydrogen-bond donors (Lipinski definition) is 0. The van der Waals surface area contributed by atoms with Gasteiger partial charge in [-0.05, 0) is 31.6 Å². The fourth-order valence-corrected chi connectivity index (χ4v) is 1.80. The predicted molar refractivity (Wildman–Crippen MR) is 62.6 cm³/mol. The highest BCUT2D eigenvalue weighted by molar-refractivity contribution is 7.98. The summed E-state index contributed by atoms with van der Waals surface area (Å²) >= 11 is 1.52. The molecule has 0 radical (unpaired) electrons. The molecule has 78 valence electrons. The first-order valence-corrected chi connectivity index (χ1v) is 6.12. The van der Waals surface area contributed by atoms with Crippen LogP contribution in [0.15, 0.2) is 29.1 Å². The van der Waals surface area contributed by atoms with Crippen molar-refractivity contribution in [3.05, 3.63) is 29.6 Å². The molecule has 1 aromatic rings. The van der Waals surface area contributed by atoms with E-state index in [2.05, 4.69) is 34.3 Å². The van der Waals surface area contributed by atoms with Crippen LogP contribution >= 0.6 is 11.8 Å². The second kappa shape index (κ2) is 4.57. The van der Waals surface area contributed by atoms with Crippen molar-refractivity contribution in [3.8, 4) is 0 Å². The highest BCUT2D eigenvalue weighted by Gasteiger charge is 2.08. The maximum Gasteiger partial charge on any atom is 0.209 e. The number of rotatable bonds is 2. The lowest BCUT2D eigenvalue weighted by molar-refractivity contribution is 0.823. The van der Waals surface area contributed by atoms with Gasteiger partial charge in [0, 0.05) is 0 Å². The fraction of sp³-hybridized carbons (Fsp3) is 0.364. The van der Waals surface area contributed by atoms with Crippen LogP contribution in [0.5, 0.6) is 0 Å². The van der Waals surface area contributed by atoms with Gasteiger partial charge < -0.3 is 0 Å². The third-order valence-corrected chi connectivity index (χ3v) is 2.95. The van der Waals surface area contributed by atoms with Crippen molar-refractivity contribution in [1.29, 1.82) is 0 Å². The molecule has 0 aromatic carbocycles. The standard InChI is InChI=1S/C11H13N3S/c1-8-3-5-9(6-4-8)10-7-12-14-11(13-10)15-2/h3,5,7H,4,6H2,1-2H3. The van der Waals surface area contributed by atoms with Gasteiger partial charge in [-0.15, -0.1) is 5.10 Å². The molecule has 0 N–H and O–H groups in total. The van der Waals surface area contributed by atoms with Crippen LogP contribution in [0.3, 0.4) is 0 Å². The smallest absolute Gasteiger partial charge is 0.209 e. The largest absolute Gasteiger partial charge is 0.220 e. The second-order valence-electron chi connectivity index (χ2n) is 3.53. The van der Waals surface area contributed by atoms with E-state index in [4.69, 9.17) is 0 Å². The first-order valence-electron chi connectivity index (χ1n) is 4.90. The molecule has 1 aromatic heterocycles.